The van der Waals surface area contributed by atoms with Crippen molar-refractivity contribution in [1.82, 2.24) is 0 Å². The number of phosphoric ester groups is 1. The summed E-state index contributed by atoms with van der Waals surface area (Å²) in [6.45, 7) is 6.33. The van der Waals surface area contributed by atoms with Gasteiger partial charge in [-0.2, -0.15) is 0 Å². The van der Waals surface area contributed by atoms with Crippen molar-refractivity contribution in [3.8, 4) is 5.75 Å². The number of hydrogen-bond acceptors (Lipinski definition) is 7. The van der Waals surface area contributed by atoms with E-state index in [0.29, 0.717) is 25.6 Å². The van der Waals surface area contributed by atoms with Crippen LogP contribution in [0.4, 0.5) is 0 Å². The van der Waals surface area contributed by atoms with Gasteiger partial charge in [0.15, 0.2) is 5.75 Å². The molecule has 204 valence electrons. The van der Waals surface area contributed by atoms with Gasteiger partial charge in [-0.1, -0.05) is 106 Å². The summed E-state index contributed by atoms with van der Waals surface area (Å²) in [6, 6.07) is 13.3. The fourth-order valence-corrected chi connectivity index (χ4v) is 4.76. The smallest absolute Gasteiger partial charge is 0.379 e. The first-order valence-corrected chi connectivity index (χ1v) is 15.0. The maximum atomic E-state index is 13.2. The Morgan fingerprint density at radius 2 is 1.25 bits per heavy atom. The van der Waals surface area contributed by atoms with Crippen LogP contribution >= 0.6 is 7.82 Å². The predicted octanol–water partition coefficient (Wildman–Crippen LogP) is 8.27. The van der Waals surface area contributed by atoms with Gasteiger partial charge in [0, 0.05) is 12.0 Å². The summed E-state index contributed by atoms with van der Waals surface area (Å²) in [5.74, 6) is 0.451. The van der Waals surface area contributed by atoms with Gasteiger partial charge < -0.3 is 14.4 Å². The van der Waals surface area contributed by atoms with Gasteiger partial charge in [0.1, 0.15) is 0 Å². The number of unbranched alkanes of at least 4 members (excludes halogenated alkanes) is 9. The minimum atomic E-state index is -3.93. The van der Waals surface area contributed by atoms with Crippen LogP contribution < -0.4 is 4.89 Å². The molecule has 0 aromatic heterocycles. The molecule has 2 rings (SSSR count). The molecule has 0 radical (unpaired) electrons. The molecule has 2 aromatic carbocycles. The van der Waals surface area contributed by atoms with Gasteiger partial charge in [0.2, 0.25) is 0 Å². The van der Waals surface area contributed by atoms with Crippen molar-refractivity contribution in [2.45, 2.75) is 78.1 Å². The standard InChI is InChI=1S/C28H45O7P/c1-3-5-6-7-8-9-10-11-12-15-21-32-36(29,33-25-24-31-23-22-30-4-2)35-34-28-20-16-18-26-17-13-14-19-27(26)28/h13-14,16-20H,3-12,15,21-25H2,1-2H3. The first-order valence-electron chi connectivity index (χ1n) is 13.6. The third-order valence-corrected chi connectivity index (χ3v) is 7.02. The third kappa shape index (κ3) is 13.2. The average molecular weight is 525 g/mol. The number of ether oxygens (including phenoxy) is 2. The molecule has 0 saturated heterocycles. The summed E-state index contributed by atoms with van der Waals surface area (Å²) in [5, 5.41) is 1.84. The maximum absolute atomic E-state index is 13.2. The molecule has 8 heteroatoms. The summed E-state index contributed by atoms with van der Waals surface area (Å²) in [4.78, 5) is 5.47. The topological polar surface area (TPSA) is 72.5 Å². The number of benzene rings is 2. The Labute approximate surface area is 217 Å². The van der Waals surface area contributed by atoms with E-state index in [1.54, 1.807) is 6.07 Å². The molecule has 0 amide bonds. The highest BCUT2D eigenvalue weighted by atomic mass is 31.2. The third-order valence-electron chi connectivity index (χ3n) is 5.77. The Bertz CT molecular complexity index is 855. The maximum Gasteiger partial charge on any atom is 0.511 e. The van der Waals surface area contributed by atoms with E-state index in [0.717, 1.165) is 30.0 Å². The van der Waals surface area contributed by atoms with Gasteiger partial charge >= 0.3 is 7.82 Å². The highest BCUT2D eigenvalue weighted by Crippen LogP contribution is 2.50. The lowest BCUT2D eigenvalue weighted by molar-refractivity contribution is -0.132. The van der Waals surface area contributed by atoms with Crippen molar-refractivity contribution in [2.75, 3.05) is 39.6 Å². The Morgan fingerprint density at radius 3 is 2.00 bits per heavy atom. The van der Waals surface area contributed by atoms with E-state index >= 15 is 0 Å². The van der Waals surface area contributed by atoms with Crippen LogP contribution in [-0.2, 0) is 27.8 Å². The van der Waals surface area contributed by atoms with Crippen molar-refractivity contribution in [1.29, 1.82) is 0 Å². The molecule has 0 saturated carbocycles. The van der Waals surface area contributed by atoms with Crippen molar-refractivity contribution in [3.05, 3.63) is 42.5 Å². The van der Waals surface area contributed by atoms with Gasteiger partial charge in [0.05, 0.1) is 33.0 Å². The van der Waals surface area contributed by atoms with Crippen molar-refractivity contribution in [2.24, 2.45) is 0 Å². The highest BCUT2D eigenvalue weighted by Gasteiger charge is 2.29. The molecule has 36 heavy (non-hydrogen) atoms. The first-order chi connectivity index (χ1) is 17.7. The van der Waals surface area contributed by atoms with Crippen LogP contribution in [0.15, 0.2) is 42.5 Å². The second-order valence-electron chi connectivity index (χ2n) is 8.74. The van der Waals surface area contributed by atoms with Crippen LogP contribution in [0.2, 0.25) is 0 Å². The largest absolute Gasteiger partial charge is 0.511 e. The number of hydrogen-bond donors (Lipinski definition) is 0. The molecule has 0 spiro atoms. The molecular formula is C28H45O7P. The fraction of sp³-hybridized carbons (Fsp3) is 0.643. The molecule has 0 heterocycles. The van der Waals surface area contributed by atoms with Crippen LogP contribution in [0.3, 0.4) is 0 Å². The van der Waals surface area contributed by atoms with Gasteiger partial charge in [0.25, 0.3) is 0 Å². The Balaban J connectivity index is 1.76. The monoisotopic (exact) mass is 524 g/mol. The molecule has 0 aliphatic rings. The second-order valence-corrected chi connectivity index (χ2v) is 10.3. The molecular weight excluding hydrogens is 479 g/mol. The minimum Gasteiger partial charge on any atom is -0.379 e. The normalized spacial score (nSPS) is 13.2. The van der Waals surface area contributed by atoms with Crippen LogP contribution in [0.25, 0.3) is 10.8 Å². The summed E-state index contributed by atoms with van der Waals surface area (Å²) in [6.07, 6.45) is 12.0. The van der Waals surface area contributed by atoms with E-state index < -0.39 is 7.82 Å². The van der Waals surface area contributed by atoms with E-state index in [2.05, 4.69) is 6.92 Å². The van der Waals surface area contributed by atoms with Crippen molar-refractivity contribution in [3.63, 3.8) is 0 Å². The second kappa shape index (κ2) is 19.6. The van der Waals surface area contributed by atoms with Gasteiger partial charge in [-0.25, -0.2) is 4.57 Å². The van der Waals surface area contributed by atoms with Crippen molar-refractivity contribution < 1.29 is 32.6 Å². The SMILES string of the molecule is CCCCCCCCCCCCOP(=O)(OCCOCCOCC)OOc1cccc2ccccc12. The molecule has 0 aliphatic heterocycles. The fourth-order valence-electron chi connectivity index (χ4n) is 3.77. The molecule has 1 atom stereocenters. The quantitative estimate of drug-likeness (QED) is 0.0627. The van der Waals surface area contributed by atoms with E-state index in [-0.39, 0.29) is 19.8 Å². The zero-order valence-corrected chi connectivity index (χ0v) is 23.1. The zero-order chi connectivity index (χ0) is 25.7. The van der Waals surface area contributed by atoms with Crippen LogP contribution in [0.1, 0.15) is 78.1 Å². The molecule has 0 bridgehead atoms. The highest BCUT2D eigenvalue weighted by molar-refractivity contribution is 7.48. The molecule has 7 nitrogen and oxygen atoms in total. The summed E-state index contributed by atoms with van der Waals surface area (Å²) in [7, 11) is -3.93. The van der Waals surface area contributed by atoms with E-state index in [4.69, 9.17) is 28.1 Å². The minimum absolute atomic E-state index is 0.0559. The number of phosphoric acid groups is 1. The first kappa shape index (κ1) is 30.8. The zero-order valence-electron chi connectivity index (χ0n) is 22.2. The van der Waals surface area contributed by atoms with Crippen LogP contribution in [-0.4, -0.2) is 39.6 Å². The lowest BCUT2D eigenvalue weighted by Gasteiger charge is -2.17. The van der Waals surface area contributed by atoms with Gasteiger partial charge in [-0.3, -0.25) is 9.05 Å². The van der Waals surface area contributed by atoms with Gasteiger partial charge in [-0.05, 0) is 24.8 Å². The average Bonchev–Trinajstić information content (AvgIpc) is 2.90. The van der Waals surface area contributed by atoms with Crippen molar-refractivity contribution >= 4 is 18.6 Å². The predicted molar refractivity (Wildman–Crippen MR) is 144 cm³/mol. The molecule has 0 aliphatic carbocycles. The summed E-state index contributed by atoms with van der Waals surface area (Å²) in [5.41, 5.74) is 0. The lowest BCUT2D eigenvalue weighted by Crippen LogP contribution is -2.11. The van der Waals surface area contributed by atoms with Gasteiger partial charge in [-0.15, -0.1) is 0 Å². The van der Waals surface area contributed by atoms with E-state index in [9.17, 15) is 4.57 Å². The van der Waals surface area contributed by atoms with Crippen LogP contribution in [0.5, 0.6) is 5.75 Å². The lowest BCUT2D eigenvalue weighted by atomic mass is 10.1. The molecule has 2 aromatic rings. The number of fused-ring (bicyclic) bond motifs is 1. The Morgan fingerprint density at radius 1 is 0.639 bits per heavy atom. The number of rotatable bonds is 23. The van der Waals surface area contributed by atoms with E-state index in [1.165, 1.54) is 44.9 Å². The Hall–Kier alpha value is -1.47. The molecule has 1 unspecified atom stereocenters. The van der Waals surface area contributed by atoms with E-state index in [1.807, 2.05) is 43.3 Å². The summed E-state index contributed by atoms with van der Waals surface area (Å²) < 4.78 is 40.3. The Kier molecular flexibility index (Phi) is 16.8. The molecule has 0 fully saturated rings. The van der Waals surface area contributed by atoms with Crippen LogP contribution in [0, 0.1) is 0 Å². The summed E-state index contributed by atoms with van der Waals surface area (Å²) >= 11 is 0. The molecule has 0 N–H and O–H groups in total.